The molecule has 2 aromatic carbocycles. The summed E-state index contributed by atoms with van der Waals surface area (Å²) in [5.41, 5.74) is 2.29. The van der Waals surface area contributed by atoms with Crippen LogP contribution in [0.3, 0.4) is 0 Å². The molecule has 2 fully saturated rings. The lowest BCUT2D eigenvalue weighted by Gasteiger charge is -2.34. The molecule has 1 aromatic heterocycles. The van der Waals surface area contributed by atoms with E-state index >= 15 is 0 Å². The predicted molar refractivity (Wildman–Crippen MR) is 139 cm³/mol. The van der Waals surface area contributed by atoms with Crippen molar-refractivity contribution in [1.29, 1.82) is 0 Å². The molecule has 2 atom stereocenters. The van der Waals surface area contributed by atoms with Crippen LogP contribution in [0.25, 0.3) is 0 Å². The molecule has 2 saturated heterocycles. The van der Waals surface area contributed by atoms with Crippen molar-refractivity contribution in [3.63, 3.8) is 0 Å². The number of cyclic esters (lactones) is 1. The number of rotatable bonds is 6. The number of anilines is 1. The van der Waals surface area contributed by atoms with Crippen LogP contribution in [0.4, 0.5) is 10.5 Å². The molecule has 186 valence electrons. The zero-order valence-electron chi connectivity index (χ0n) is 20.1. The summed E-state index contributed by atoms with van der Waals surface area (Å²) < 4.78 is 5.81. The third-order valence-corrected chi connectivity index (χ3v) is 7.74. The third kappa shape index (κ3) is 5.14. The van der Waals surface area contributed by atoms with Crippen molar-refractivity contribution in [2.45, 2.75) is 38.5 Å². The smallest absolute Gasteiger partial charge is 0.411 e. The van der Waals surface area contributed by atoms with Crippen molar-refractivity contribution >= 4 is 34.9 Å². The van der Waals surface area contributed by atoms with Crippen molar-refractivity contribution in [1.82, 2.24) is 9.80 Å². The van der Waals surface area contributed by atoms with Gasteiger partial charge in [-0.25, -0.2) is 4.79 Å². The van der Waals surface area contributed by atoms with Gasteiger partial charge in [-0.15, -0.1) is 11.3 Å². The average molecular weight is 504 g/mol. The number of carbonyl (C=O) groups excluding carboxylic acids is 3. The molecule has 0 radical (unpaired) electrons. The Bertz CT molecular complexity index is 1210. The van der Waals surface area contributed by atoms with E-state index in [1.807, 2.05) is 58.8 Å². The Hall–Kier alpha value is -3.65. The molecule has 0 aliphatic carbocycles. The molecule has 0 saturated carbocycles. The van der Waals surface area contributed by atoms with Gasteiger partial charge in [0.15, 0.2) is 12.1 Å². The van der Waals surface area contributed by atoms with E-state index in [2.05, 4.69) is 12.2 Å². The quantitative estimate of drug-likeness (QED) is 0.494. The van der Waals surface area contributed by atoms with Gasteiger partial charge in [0.1, 0.15) is 0 Å². The first-order chi connectivity index (χ1) is 17.5. The van der Waals surface area contributed by atoms with Crippen LogP contribution in [0.5, 0.6) is 0 Å². The number of nitrogens with zero attached hydrogens (tertiary/aromatic N) is 2. The normalized spacial score (nSPS) is 20.3. The Morgan fingerprint density at radius 3 is 2.39 bits per heavy atom. The number of amides is 3. The molecule has 0 spiro atoms. The average Bonchev–Trinajstić information content (AvgIpc) is 3.54. The van der Waals surface area contributed by atoms with Crippen LogP contribution in [0.1, 0.15) is 46.7 Å². The van der Waals surface area contributed by atoms with Gasteiger partial charge >= 0.3 is 6.09 Å². The summed E-state index contributed by atoms with van der Waals surface area (Å²) in [4.78, 5) is 43.2. The molecule has 3 aromatic rings. The van der Waals surface area contributed by atoms with Crippen molar-refractivity contribution in [2.75, 3.05) is 18.4 Å². The van der Waals surface area contributed by atoms with E-state index in [0.717, 1.165) is 24.0 Å². The van der Waals surface area contributed by atoms with Gasteiger partial charge in [-0.2, -0.15) is 0 Å². The molecule has 7 nitrogen and oxygen atoms in total. The minimum atomic E-state index is -0.752. The van der Waals surface area contributed by atoms with Crippen molar-refractivity contribution in [3.8, 4) is 0 Å². The Balaban J connectivity index is 1.39. The Kier molecular flexibility index (Phi) is 7.04. The van der Waals surface area contributed by atoms with Crippen LogP contribution in [0, 0.1) is 5.92 Å². The molecule has 8 heteroatoms. The van der Waals surface area contributed by atoms with Crippen LogP contribution in [-0.4, -0.2) is 46.8 Å². The molecule has 2 aliphatic rings. The van der Waals surface area contributed by atoms with Crippen LogP contribution < -0.4 is 5.32 Å². The molecule has 2 unspecified atom stereocenters. The molecule has 3 amide bonds. The van der Waals surface area contributed by atoms with Gasteiger partial charge < -0.3 is 15.0 Å². The second-order valence-corrected chi connectivity index (χ2v) is 10.4. The van der Waals surface area contributed by atoms with E-state index in [1.165, 1.54) is 11.3 Å². The third-order valence-electron chi connectivity index (χ3n) is 6.87. The first-order valence-electron chi connectivity index (χ1n) is 12.2. The molecule has 3 heterocycles. The summed E-state index contributed by atoms with van der Waals surface area (Å²) in [5, 5.41) is 4.74. The lowest BCUT2D eigenvalue weighted by atomic mass is 9.96. The summed E-state index contributed by atoms with van der Waals surface area (Å²) in [6.07, 6.45) is 0.683. The number of nitrogens with one attached hydrogen (secondary N) is 1. The maximum absolute atomic E-state index is 13.8. The Labute approximate surface area is 214 Å². The van der Waals surface area contributed by atoms with Crippen LogP contribution >= 0.6 is 11.3 Å². The summed E-state index contributed by atoms with van der Waals surface area (Å²) in [7, 11) is 0. The Morgan fingerprint density at radius 2 is 1.72 bits per heavy atom. The van der Waals surface area contributed by atoms with Gasteiger partial charge in [0.2, 0.25) is 5.91 Å². The maximum Gasteiger partial charge on any atom is 0.411 e. The molecule has 1 N–H and O–H groups in total. The van der Waals surface area contributed by atoms with Crippen molar-refractivity contribution in [3.05, 3.63) is 88.1 Å². The molecule has 5 rings (SSSR count). The highest BCUT2D eigenvalue weighted by molar-refractivity contribution is 7.12. The number of carbonyl (C=O) groups is 3. The lowest BCUT2D eigenvalue weighted by Crippen LogP contribution is -2.50. The number of thiophene rings is 1. The number of likely N-dealkylation sites (tertiary alicyclic amines) is 1. The van der Waals surface area contributed by atoms with E-state index in [9.17, 15) is 14.4 Å². The van der Waals surface area contributed by atoms with Crippen LogP contribution in [-0.2, 0) is 16.1 Å². The van der Waals surface area contributed by atoms with E-state index in [-0.39, 0.29) is 11.8 Å². The summed E-state index contributed by atoms with van der Waals surface area (Å²) >= 11 is 1.37. The van der Waals surface area contributed by atoms with Gasteiger partial charge in [0, 0.05) is 18.8 Å². The minimum absolute atomic E-state index is 0.0799. The fraction of sp³-hybridized carbons (Fsp3) is 0.321. The summed E-state index contributed by atoms with van der Waals surface area (Å²) in [6.45, 7) is 3.87. The van der Waals surface area contributed by atoms with E-state index < -0.39 is 18.2 Å². The number of piperidine rings is 1. The highest BCUT2D eigenvalue weighted by Crippen LogP contribution is 2.36. The Morgan fingerprint density at radius 1 is 1.00 bits per heavy atom. The van der Waals surface area contributed by atoms with Gasteiger partial charge in [0.25, 0.3) is 5.91 Å². The summed E-state index contributed by atoms with van der Waals surface area (Å²) in [6, 6.07) is 19.7. The van der Waals surface area contributed by atoms with E-state index in [0.29, 0.717) is 36.1 Å². The fourth-order valence-corrected chi connectivity index (χ4v) is 5.37. The second kappa shape index (κ2) is 10.5. The van der Waals surface area contributed by atoms with Crippen molar-refractivity contribution < 1.29 is 19.1 Å². The molecule has 2 aliphatic heterocycles. The van der Waals surface area contributed by atoms with E-state index in [1.54, 1.807) is 23.1 Å². The minimum Gasteiger partial charge on any atom is -0.438 e. The van der Waals surface area contributed by atoms with Gasteiger partial charge in [-0.3, -0.25) is 14.5 Å². The number of hydrogen-bond acceptors (Lipinski definition) is 5. The molecule has 0 bridgehead atoms. The molecule has 36 heavy (non-hydrogen) atoms. The number of ether oxygens (including phenoxy) is 1. The van der Waals surface area contributed by atoms with Crippen molar-refractivity contribution in [2.24, 2.45) is 5.92 Å². The van der Waals surface area contributed by atoms with Gasteiger partial charge in [0.05, 0.1) is 11.4 Å². The first kappa shape index (κ1) is 24.1. The second-order valence-electron chi connectivity index (χ2n) is 9.42. The zero-order valence-corrected chi connectivity index (χ0v) is 20.9. The molecular formula is C28H29N3O4S. The lowest BCUT2D eigenvalue weighted by molar-refractivity contribution is -0.138. The number of benzene rings is 2. The summed E-state index contributed by atoms with van der Waals surface area (Å²) in [5.74, 6) is 0.332. The van der Waals surface area contributed by atoms with Crippen LogP contribution in [0.15, 0.2) is 72.1 Å². The predicted octanol–water partition coefficient (Wildman–Crippen LogP) is 5.32. The fourth-order valence-electron chi connectivity index (χ4n) is 4.75. The van der Waals surface area contributed by atoms with E-state index in [4.69, 9.17) is 4.74 Å². The topological polar surface area (TPSA) is 79.0 Å². The van der Waals surface area contributed by atoms with Crippen LogP contribution in [0.2, 0.25) is 0 Å². The largest absolute Gasteiger partial charge is 0.438 e. The highest BCUT2D eigenvalue weighted by atomic mass is 32.1. The zero-order chi connectivity index (χ0) is 25.1. The first-order valence-corrected chi connectivity index (χ1v) is 13.1. The number of hydrogen-bond donors (Lipinski definition) is 1. The molecular weight excluding hydrogens is 474 g/mol. The SMILES string of the molecule is CC1CCN(C(=O)C2C(c3ccc(NC(=O)c4cccs4)cc3)OC(=O)N2Cc2ccccc2)CC1. The highest BCUT2D eigenvalue weighted by Gasteiger charge is 2.48. The monoisotopic (exact) mass is 503 g/mol. The maximum atomic E-state index is 13.8. The standard InChI is InChI=1S/C28H29N3O4S/c1-19-13-15-30(16-14-19)27(33)24-25(35-28(34)31(24)18-20-6-3-2-4-7-20)21-9-11-22(12-10-21)29-26(32)23-8-5-17-36-23/h2-12,17,19,24-25H,13-16,18H2,1H3,(H,29,32). The van der Waals surface area contributed by atoms with Gasteiger partial charge in [-0.05, 0) is 53.5 Å². The van der Waals surface area contributed by atoms with Gasteiger partial charge in [-0.1, -0.05) is 55.5 Å².